The van der Waals surface area contributed by atoms with E-state index in [-0.39, 0.29) is 12.0 Å². The van der Waals surface area contributed by atoms with E-state index in [2.05, 4.69) is 20.2 Å². The fourth-order valence-electron chi connectivity index (χ4n) is 2.88. The average Bonchev–Trinajstić information content (AvgIpc) is 3.17. The highest BCUT2D eigenvalue weighted by Crippen LogP contribution is 2.18. The van der Waals surface area contributed by atoms with Gasteiger partial charge in [0.1, 0.15) is 17.3 Å². The molecule has 1 N–H and O–H groups in total. The molecule has 0 saturated carbocycles. The zero-order valence-corrected chi connectivity index (χ0v) is 12.5. The van der Waals surface area contributed by atoms with E-state index in [0.717, 1.165) is 38.4 Å². The molecule has 1 amide bonds. The second-order valence-corrected chi connectivity index (χ2v) is 5.70. The topological polar surface area (TPSA) is 67.3 Å². The zero-order valence-electron chi connectivity index (χ0n) is 12.5. The highest BCUT2D eigenvalue weighted by atomic mass is 16.5. The second kappa shape index (κ2) is 6.39. The molecule has 21 heavy (non-hydrogen) atoms. The van der Waals surface area contributed by atoms with Crippen molar-refractivity contribution in [3.05, 3.63) is 17.6 Å². The first-order chi connectivity index (χ1) is 10.2. The lowest BCUT2D eigenvalue weighted by molar-refractivity contribution is 0.0853. The largest absolute Gasteiger partial charge is 0.376 e. The van der Waals surface area contributed by atoms with E-state index >= 15 is 0 Å². The minimum absolute atomic E-state index is 0.142. The number of carbonyl (C=O) groups is 1. The van der Waals surface area contributed by atoms with E-state index in [1.54, 1.807) is 6.07 Å². The first kappa shape index (κ1) is 14.3. The minimum atomic E-state index is -0.142. The SMILES string of the molecule is Cc1nc(C(=O)NCC2CCCO2)cc(N2CCCC2)n1. The number of nitrogens with zero attached hydrogens (tertiary/aromatic N) is 3. The van der Waals surface area contributed by atoms with Crippen LogP contribution in [0.4, 0.5) is 5.82 Å². The molecule has 2 aliphatic rings. The first-order valence-electron chi connectivity index (χ1n) is 7.73. The number of anilines is 1. The van der Waals surface area contributed by atoms with E-state index < -0.39 is 0 Å². The van der Waals surface area contributed by atoms with Crippen molar-refractivity contribution in [2.45, 2.75) is 38.7 Å². The van der Waals surface area contributed by atoms with Crippen molar-refractivity contribution in [1.82, 2.24) is 15.3 Å². The molecule has 0 aliphatic carbocycles. The van der Waals surface area contributed by atoms with Gasteiger partial charge in [0.15, 0.2) is 0 Å². The van der Waals surface area contributed by atoms with Crippen LogP contribution in [-0.2, 0) is 4.74 Å². The van der Waals surface area contributed by atoms with Crippen molar-refractivity contribution in [2.75, 3.05) is 31.1 Å². The average molecular weight is 290 g/mol. The van der Waals surface area contributed by atoms with Gasteiger partial charge in [-0.05, 0) is 32.6 Å². The highest BCUT2D eigenvalue weighted by Gasteiger charge is 2.19. The van der Waals surface area contributed by atoms with E-state index in [1.165, 1.54) is 12.8 Å². The molecule has 1 atom stereocenters. The molecule has 2 saturated heterocycles. The van der Waals surface area contributed by atoms with Crippen LogP contribution in [0.1, 0.15) is 42.0 Å². The Morgan fingerprint density at radius 1 is 1.38 bits per heavy atom. The molecule has 2 fully saturated rings. The summed E-state index contributed by atoms with van der Waals surface area (Å²) < 4.78 is 5.51. The molecule has 0 aromatic carbocycles. The summed E-state index contributed by atoms with van der Waals surface area (Å²) in [5.41, 5.74) is 0.447. The molecule has 1 aromatic rings. The summed E-state index contributed by atoms with van der Waals surface area (Å²) in [6, 6.07) is 1.79. The molecule has 0 spiro atoms. The Morgan fingerprint density at radius 2 is 2.19 bits per heavy atom. The molecule has 1 aromatic heterocycles. The molecular formula is C15H22N4O2. The predicted octanol–water partition coefficient (Wildman–Crippen LogP) is 1.29. The lowest BCUT2D eigenvalue weighted by Crippen LogP contribution is -2.32. The molecule has 3 rings (SSSR count). The lowest BCUT2D eigenvalue weighted by atomic mass is 10.2. The van der Waals surface area contributed by atoms with Gasteiger partial charge in [-0.3, -0.25) is 4.79 Å². The van der Waals surface area contributed by atoms with Crippen molar-refractivity contribution in [2.24, 2.45) is 0 Å². The highest BCUT2D eigenvalue weighted by molar-refractivity contribution is 5.93. The Labute approximate surface area is 124 Å². The summed E-state index contributed by atoms with van der Waals surface area (Å²) in [5.74, 6) is 1.36. The number of rotatable bonds is 4. The summed E-state index contributed by atoms with van der Waals surface area (Å²) in [5, 5.41) is 2.91. The van der Waals surface area contributed by atoms with Crippen LogP contribution in [0, 0.1) is 6.92 Å². The Hall–Kier alpha value is -1.69. The summed E-state index contributed by atoms with van der Waals surface area (Å²) in [4.78, 5) is 23.2. The summed E-state index contributed by atoms with van der Waals surface area (Å²) >= 11 is 0. The fraction of sp³-hybridized carbons (Fsp3) is 0.667. The van der Waals surface area contributed by atoms with Gasteiger partial charge in [0, 0.05) is 32.3 Å². The van der Waals surface area contributed by atoms with Crippen LogP contribution in [0.25, 0.3) is 0 Å². The zero-order chi connectivity index (χ0) is 14.7. The predicted molar refractivity (Wildman–Crippen MR) is 79.5 cm³/mol. The van der Waals surface area contributed by atoms with Crippen molar-refractivity contribution >= 4 is 11.7 Å². The van der Waals surface area contributed by atoms with Crippen molar-refractivity contribution in [3.8, 4) is 0 Å². The van der Waals surface area contributed by atoms with Gasteiger partial charge >= 0.3 is 0 Å². The van der Waals surface area contributed by atoms with E-state index in [0.29, 0.717) is 18.1 Å². The van der Waals surface area contributed by atoms with Crippen LogP contribution < -0.4 is 10.2 Å². The molecule has 0 bridgehead atoms. The van der Waals surface area contributed by atoms with Gasteiger partial charge in [-0.1, -0.05) is 0 Å². The van der Waals surface area contributed by atoms with Crippen LogP contribution >= 0.6 is 0 Å². The Balaban J connectivity index is 1.66. The number of aryl methyl sites for hydroxylation is 1. The molecule has 2 aliphatic heterocycles. The van der Waals surface area contributed by atoms with Gasteiger partial charge in [0.25, 0.3) is 5.91 Å². The maximum atomic E-state index is 12.2. The van der Waals surface area contributed by atoms with Gasteiger partial charge in [-0.25, -0.2) is 9.97 Å². The third kappa shape index (κ3) is 3.50. The number of amides is 1. The van der Waals surface area contributed by atoms with Gasteiger partial charge in [0.05, 0.1) is 6.10 Å². The van der Waals surface area contributed by atoms with Gasteiger partial charge in [-0.2, -0.15) is 0 Å². The number of ether oxygens (including phenoxy) is 1. The first-order valence-corrected chi connectivity index (χ1v) is 7.73. The maximum Gasteiger partial charge on any atom is 0.270 e. The number of aromatic nitrogens is 2. The Morgan fingerprint density at radius 3 is 2.90 bits per heavy atom. The van der Waals surface area contributed by atoms with E-state index in [9.17, 15) is 4.79 Å². The van der Waals surface area contributed by atoms with Crippen LogP contribution in [0.2, 0.25) is 0 Å². The minimum Gasteiger partial charge on any atom is -0.376 e. The number of nitrogens with one attached hydrogen (secondary N) is 1. The standard InChI is InChI=1S/C15H22N4O2/c1-11-17-13(9-14(18-11)19-6-2-3-7-19)15(20)16-10-12-5-4-8-21-12/h9,12H,2-8,10H2,1H3,(H,16,20). The van der Waals surface area contributed by atoms with E-state index in [4.69, 9.17) is 4.74 Å². The van der Waals surface area contributed by atoms with Gasteiger partial charge in [0.2, 0.25) is 0 Å². The van der Waals surface area contributed by atoms with Gasteiger partial charge < -0.3 is 15.0 Å². The van der Waals surface area contributed by atoms with Crippen LogP contribution in [0.15, 0.2) is 6.07 Å². The number of carbonyl (C=O) groups excluding carboxylic acids is 1. The lowest BCUT2D eigenvalue weighted by Gasteiger charge is -2.17. The normalized spacial score (nSPS) is 21.8. The summed E-state index contributed by atoms with van der Waals surface area (Å²) in [6.45, 7) is 5.20. The smallest absolute Gasteiger partial charge is 0.270 e. The van der Waals surface area contributed by atoms with Crippen LogP contribution in [0.3, 0.4) is 0 Å². The van der Waals surface area contributed by atoms with E-state index in [1.807, 2.05) is 6.92 Å². The third-order valence-corrected chi connectivity index (χ3v) is 4.00. The third-order valence-electron chi connectivity index (χ3n) is 4.00. The number of hydrogen-bond donors (Lipinski definition) is 1. The maximum absolute atomic E-state index is 12.2. The molecule has 1 unspecified atom stereocenters. The number of hydrogen-bond acceptors (Lipinski definition) is 5. The summed E-state index contributed by atoms with van der Waals surface area (Å²) in [6.07, 6.45) is 4.61. The van der Waals surface area contributed by atoms with Crippen LogP contribution in [-0.4, -0.2) is 48.2 Å². The molecule has 6 nitrogen and oxygen atoms in total. The second-order valence-electron chi connectivity index (χ2n) is 5.70. The quantitative estimate of drug-likeness (QED) is 0.905. The van der Waals surface area contributed by atoms with Crippen molar-refractivity contribution < 1.29 is 9.53 Å². The van der Waals surface area contributed by atoms with Crippen molar-refractivity contribution in [3.63, 3.8) is 0 Å². The molecular weight excluding hydrogens is 268 g/mol. The van der Waals surface area contributed by atoms with Crippen molar-refractivity contribution in [1.29, 1.82) is 0 Å². The molecule has 0 radical (unpaired) electrons. The molecule has 3 heterocycles. The summed E-state index contributed by atoms with van der Waals surface area (Å²) in [7, 11) is 0. The monoisotopic (exact) mass is 290 g/mol. The van der Waals surface area contributed by atoms with Crippen LogP contribution in [0.5, 0.6) is 0 Å². The van der Waals surface area contributed by atoms with Gasteiger partial charge in [-0.15, -0.1) is 0 Å². The molecule has 6 heteroatoms. The molecule has 114 valence electrons. The Kier molecular flexibility index (Phi) is 4.34. The fourth-order valence-corrected chi connectivity index (χ4v) is 2.88. The Bertz CT molecular complexity index is 508.